The monoisotopic (exact) mass is 432 g/mol. The summed E-state index contributed by atoms with van der Waals surface area (Å²) in [4.78, 5) is 30.0. The number of nitrogens with zero attached hydrogens (tertiary/aromatic N) is 4. The highest BCUT2D eigenvalue weighted by Gasteiger charge is 2.33. The van der Waals surface area contributed by atoms with Crippen LogP contribution in [0.2, 0.25) is 0 Å². The van der Waals surface area contributed by atoms with Crippen LogP contribution in [-0.4, -0.2) is 53.0 Å². The van der Waals surface area contributed by atoms with Crippen LogP contribution in [0.15, 0.2) is 9.70 Å². The number of carbonyl (C=O) groups is 1. The van der Waals surface area contributed by atoms with Crippen LogP contribution in [0.25, 0.3) is 6.08 Å². The molecule has 1 amide bonds. The van der Waals surface area contributed by atoms with Gasteiger partial charge in [0.2, 0.25) is 0 Å². The van der Waals surface area contributed by atoms with E-state index in [1.54, 1.807) is 24.7 Å². The van der Waals surface area contributed by atoms with Crippen molar-refractivity contribution in [1.82, 2.24) is 9.47 Å². The molecule has 0 N–H and O–H groups in total. The van der Waals surface area contributed by atoms with Crippen LogP contribution >= 0.6 is 24.0 Å². The number of carbonyl (C=O) groups excluding carboxylic acids is 1. The first-order valence-electron chi connectivity index (χ1n) is 9.61. The van der Waals surface area contributed by atoms with E-state index in [2.05, 4.69) is 11.0 Å². The van der Waals surface area contributed by atoms with Gasteiger partial charge in [-0.3, -0.25) is 19.1 Å². The van der Waals surface area contributed by atoms with Crippen LogP contribution in [0.5, 0.6) is 0 Å². The summed E-state index contributed by atoms with van der Waals surface area (Å²) in [5.74, 6) is 0.616. The first kappa shape index (κ1) is 21.6. The predicted molar refractivity (Wildman–Crippen MR) is 119 cm³/mol. The third-order valence-electron chi connectivity index (χ3n) is 5.24. The molecule has 0 aromatic carbocycles. The van der Waals surface area contributed by atoms with E-state index >= 15 is 0 Å². The van der Waals surface area contributed by atoms with Gasteiger partial charge in [0.25, 0.3) is 11.5 Å². The van der Waals surface area contributed by atoms with Gasteiger partial charge in [-0.2, -0.15) is 5.26 Å². The van der Waals surface area contributed by atoms with E-state index in [-0.39, 0.29) is 17.0 Å². The molecule has 0 spiro atoms. The molecule has 0 atom stereocenters. The van der Waals surface area contributed by atoms with E-state index in [9.17, 15) is 14.9 Å². The largest absolute Gasteiger partial charge is 0.383 e. The van der Waals surface area contributed by atoms with Gasteiger partial charge in [-0.1, -0.05) is 24.0 Å². The molecule has 0 unspecified atom stereocenters. The molecular weight excluding hydrogens is 408 g/mol. The summed E-state index contributed by atoms with van der Waals surface area (Å²) in [6, 6.07) is 2.05. The number of thioether (sulfide) groups is 1. The summed E-state index contributed by atoms with van der Waals surface area (Å²) in [7, 11) is 1.58. The van der Waals surface area contributed by atoms with Crippen LogP contribution in [0, 0.1) is 18.3 Å². The number of rotatable bonds is 6. The predicted octanol–water partition coefficient (Wildman–Crippen LogP) is 2.50. The molecule has 29 heavy (non-hydrogen) atoms. The van der Waals surface area contributed by atoms with Gasteiger partial charge in [0.05, 0.1) is 18.1 Å². The SMILES string of the molecule is CCn1c(N2CCCC2)c(/C=C2/SC(=S)N(CCOC)C2=O)c(C)c(C#N)c1=O. The van der Waals surface area contributed by atoms with Crippen molar-refractivity contribution in [1.29, 1.82) is 5.26 Å². The Morgan fingerprint density at radius 1 is 1.31 bits per heavy atom. The van der Waals surface area contributed by atoms with Crippen LogP contribution in [0.4, 0.5) is 5.82 Å². The van der Waals surface area contributed by atoms with E-state index in [4.69, 9.17) is 17.0 Å². The summed E-state index contributed by atoms with van der Waals surface area (Å²) in [5.41, 5.74) is 1.19. The minimum absolute atomic E-state index is 0.121. The third-order valence-corrected chi connectivity index (χ3v) is 6.61. The van der Waals surface area contributed by atoms with E-state index in [0.29, 0.717) is 34.5 Å². The Morgan fingerprint density at radius 3 is 2.59 bits per heavy atom. The maximum absolute atomic E-state index is 12.9. The average molecular weight is 433 g/mol. The maximum atomic E-state index is 12.9. The van der Waals surface area contributed by atoms with E-state index < -0.39 is 0 Å². The van der Waals surface area contributed by atoms with Crippen molar-refractivity contribution in [3.05, 3.63) is 31.9 Å². The van der Waals surface area contributed by atoms with Gasteiger partial charge in [0.1, 0.15) is 21.8 Å². The lowest BCUT2D eigenvalue weighted by molar-refractivity contribution is -0.122. The van der Waals surface area contributed by atoms with Gasteiger partial charge in [-0.15, -0.1) is 0 Å². The lowest BCUT2D eigenvalue weighted by atomic mass is 10.0. The number of hydrogen-bond donors (Lipinski definition) is 0. The van der Waals surface area contributed by atoms with Crippen molar-refractivity contribution in [2.24, 2.45) is 0 Å². The molecule has 3 heterocycles. The Labute approximate surface area is 179 Å². The Hall–Kier alpha value is -2.15. The van der Waals surface area contributed by atoms with Gasteiger partial charge >= 0.3 is 0 Å². The van der Waals surface area contributed by atoms with Gasteiger partial charge < -0.3 is 9.64 Å². The molecule has 7 nitrogen and oxygen atoms in total. The zero-order valence-electron chi connectivity index (χ0n) is 16.9. The highest BCUT2D eigenvalue weighted by Crippen LogP contribution is 2.36. The first-order valence-corrected chi connectivity index (χ1v) is 10.8. The van der Waals surface area contributed by atoms with Crippen molar-refractivity contribution in [2.75, 3.05) is 38.3 Å². The average Bonchev–Trinajstić information content (AvgIpc) is 3.31. The Morgan fingerprint density at radius 2 is 2.00 bits per heavy atom. The molecule has 0 aliphatic carbocycles. The zero-order valence-corrected chi connectivity index (χ0v) is 18.5. The van der Waals surface area contributed by atoms with Gasteiger partial charge in [0.15, 0.2) is 0 Å². The smallest absolute Gasteiger partial charge is 0.270 e. The van der Waals surface area contributed by atoms with E-state index in [0.717, 1.165) is 37.3 Å². The van der Waals surface area contributed by atoms with Crippen LogP contribution in [0.3, 0.4) is 0 Å². The number of aromatic nitrogens is 1. The molecule has 2 saturated heterocycles. The fourth-order valence-corrected chi connectivity index (χ4v) is 5.00. The third kappa shape index (κ3) is 3.97. The van der Waals surface area contributed by atoms with E-state index in [1.807, 2.05) is 6.92 Å². The van der Waals surface area contributed by atoms with Crippen molar-refractivity contribution < 1.29 is 9.53 Å². The van der Waals surface area contributed by atoms with Crippen molar-refractivity contribution in [2.45, 2.75) is 33.2 Å². The maximum Gasteiger partial charge on any atom is 0.270 e. The number of ether oxygens (including phenoxy) is 1. The molecule has 2 aliphatic rings. The molecule has 3 rings (SSSR count). The molecule has 1 aromatic rings. The van der Waals surface area contributed by atoms with Gasteiger partial charge in [-0.25, -0.2) is 0 Å². The molecular formula is C20H24N4O3S2. The number of pyridine rings is 1. The van der Waals surface area contributed by atoms with Crippen LogP contribution in [0.1, 0.15) is 36.5 Å². The van der Waals surface area contributed by atoms with Crippen LogP contribution in [-0.2, 0) is 16.1 Å². The van der Waals surface area contributed by atoms with Crippen molar-refractivity contribution >= 4 is 46.1 Å². The summed E-state index contributed by atoms with van der Waals surface area (Å²) in [6.07, 6.45) is 3.90. The van der Waals surface area contributed by atoms with Crippen molar-refractivity contribution in [3.63, 3.8) is 0 Å². The number of amides is 1. The normalized spacial score (nSPS) is 18.2. The molecule has 1 aromatic heterocycles. The van der Waals surface area contributed by atoms with Gasteiger partial charge in [0, 0.05) is 32.3 Å². The molecule has 0 radical (unpaired) electrons. The molecule has 154 valence electrons. The number of methoxy groups -OCH3 is 1. The quantitative estimate of drug-likeness (QED) is 0.505. The lowest BCUT2D eigenvalue weighted by Crippen LogP contribution is -2.33. The number of anilines is 1. The second-order valence-electron chi connectivity index (χ2n) is 6.92. The number of hydrogen-bond acceptors (Lipinski definition) is 7. The molecule has 9 heteroatoms. The standard InChI is InChI=1S/C20H24N4O3S2/c1-4-23-17(22-7-5-6-8-22)14(13(2)15(12-21)18(23)25)11-16-19(26)24(9-10-27-3)20(28)29-16/h11H,4-10H2,1-3H3/b16-11+. The molecule has 0 bridgehead atoms. The molecule has 0 saturated carbocycles. The first-order chi connectivity index (χ1) is 13.9. The Bertz CT molecular complexity index is 971. The second kappa shape index (κ2) is 9.11. The van der Waals surface area contributed by atoms with Crippen LogP contribution < -0.4 is 10.5 Å². The lowest BCUT2D eigenvalue weighted by Gasteiger charge is -2.26. The topological polar surface area (TPSA) is 78.6 Å². The minimum atomic E-state index is -0.279. The summed E-state index contributed by atoms with van der Waals surface area (Å²) >= 11 is 6.61. The fraction of sp³-hybridized carbons (Fsp3) is 0.500. The highest BCUT2D eigenvalue weighted by atomic mass is 32.2. The zero-order chi connectivity index (χ0) is 21.1. The fourth-order valence-electron chi connectivity index (χ4n) is 3.71. The second-order valence-corrected chi connectivity index (χ2v) is 8.59. The summed E-state index contributed by atoms with van der Waals surface area (Å²) in [6.45, 7) is 6.62. The Kier molecular flexibility index (Phi) is 6.77. The minimum Gasteiger partial charge on any atom is -0.383 e. The summed E-state index contributed by atoms with van der Waals surface area (Å²) < 4.78 is 7.21. The van der Waals surface area contributed by atoms with Gasteiger partial charge in [-0.05, 0) is 38.3 Å². The number of nitriles is 1. The van der Waals surface area contributed by atoms with Crippen molar-refractivity contribution in [3.8, 4) is 6.07 Å². The highest BCUT2D eigenvalue weighted by molar-refractivity contribution is 8.26. The van der Waals surface area contributed by atoms with E-state index in [1.165, 1.54) is 16.7 Å². The molecule has 2 fully saturated rings. The number of thiocarbonyl (C=S) groups is 1. The Balaban J connectivity index is 2.17. The molecule has 2 aliphatic heterocycles. The summed E-state index contributed by atoms with van der Waals surface area (Å²) in [5, 5.41) is 9.58.